The van der Waals surface area contributed by atoms with E-state index in [-0.39, 0.29) is 17.8 Å². The number of halogens is 1. The third-order valence-electron chi connectivity index (χ3n) is 4.84. The molecule has 3 rings (SSSR count). The van der Waals surface area contributed by atoms with Gasteiger partial charge in [0.25, 0.3) is 0 Å². The van der Waals surface area contributed by atoms with Crippen molar-refractivity contribution in [2.24, 2.45) is 5.73 Å². The van der Waals surface area contributed by atoms with Crippen molar-refractivity contribution in [2.45, 2.75) is 49.7 Å². The Balaban J connectivity index is 1.41. The Kier molecular flexibility index (Phi) is 4.66. The standard InChI is InChI=1S/C17H25FN4O/c1-22(16(23)17(19)7-8-17)9-3-6-14-11-15(21-20-14)12-4-2-5-13(18)10-12/h2,4-5,10,14-15,20-21H,3,6-9,11,19H2,1H3. The number of amides is 1. The highest BCUT2D eigenvalue weighted by molar-refractivity contribution is 5.88. The molecule has 2 atom stereocenters. The molecule has 1 saturated carbocycles. The molecule has 0 radical (unpaired) electrons. The Hall–Kier alpha value is -1.50. The number of hydrazine groups is 1. The van der Waals surface area contributed by atoms with Crippen LogP contribution >= 0.6 is 0 Å². The highest BCUT2D eigenvalue weighted by Gasteiger charge is 2.47. The van der Waals surface area contributed by atoms with Crippen LogP contribution < -0.4 is 16.6 Å². The number of carbonyl (C=O) groups excluding carboxylic acids is 1. The Morgan fingerprint density at radius 1 is 1.43 bits per heavy atom. The number of hydrogen-bond acceptors (Lipinski definition) is 4. The summed E-state index contributed by atoms with van der Waals surface area (Å²) < 4.78 is 13.3. The Labute approximate surface area is 136 Å². The molecule has 6 heteroatoms. The maximum atomic E-state index is 13.3. The van der Waals surface area contributed by atoms with E-state index in [9.17, 15) is 9.18 Å². The number of benzene rings is 1. The molecular weight excluding hydrogens is 295 g/mol. The maximum Gasteiger partial charge on any atom is 0.242 e. The molecule has 2 fully saturated rings. The lowest BCUT2D eigenvalue weighted by molar-refractivity contribution is -0.132. The van der Waals surface area contributed by atoms with Gasteiger partial charge >= 0.3 is 0 Å². The minimum absolute atomic E-state index is 0.0626. The zero-order valence-electron chi connectivity index (χ0n) is 13.5. The highest BCUT2D eigenvalue weighted by Crippen LogP contribution is 2.34. The van der Waals surface area contributed by atoms with E-state index in [1.807, 2.05) is 13.1 Å². The van der Waals surface area contributed by atoms with Crippen molar-refractivity contribution in [3.8, 4) is 0 Å². The molecule has 4 N–H and O–H groups in total. The molecule has 1 aromatic rings. The summed E-state index contributed by atoms with van der Waals surface area (Å²) in [5.41, 5.74) is 12.8. The van der Waals surface area contributed by atoms with Crippen molar-refractivity contribution >= 4 is 5.91 Å². The second kappa shape index (κ2) is 6.55. The maximum absolute atomic E-state index is 13.3. The van der Waals surface area contributed by atoms with Gasteiger partial charge in [-0.2, -0.15) is 0 Å². The van der Waals surface area contributed by atoms with Crippen LogP contribution in [0.5, 0.6) is 0 Å². The van der Waals surface area contributed by atoms with Crippen LogP contribution in [0.15, 0.2) is 24.3 Å². The third kappa shape index (κ3) is 3.88. The van der Waals surface area contributed by atoms with Crippen molar-refractivity contribution in [1.82, 2.24) is 15.8 Å². The molecule has 0 aromatic heterocycles. The van der Waals surface area contributed by atoms with Gasteiger partial charge < -0.3 is 10.6 Å². The number of nitrogens with two attached hydrogens (primary N) is 1. The first kappa shape index (κ1) is 16.4. The van der Waals surface area contributed by atoms with Crippen LogP contribution in [0, 0.1) is 5.82 Å². The van der Waals surface area contributed by atoms with Crippen LogP contribution in [-0.4, -0.2) is 36.0 Å². The lowest BCUT2D eigenvalue weighted by Crippen LogP contribution is -2.44. The normalized spacial score (nSPS) is 25.3. The average Bonchev–Trinajstić information content (AvgIpc) is 3.11. The van der Waals surface area contributed by atoms with E-state index >= 15 is 0 Å². The number of nitrogens with zero attached hydrogens (tertiary/aromatic N) is 1. The quantitative estimate of drug-likeness (QED) is 0.742. The summed E-state index contributed by atoms with van der Waals surface area (Å²) in [7, 11) is 1.82. The predicted molar refractivity (Wildman–Crippen MR) is 86.8 cm³/mol. The Morgan fingerprint density at radius 2 is 2.22 bits per heavy atom. The lowest BCUT2D eigenvalue weighted by Gasteiger charge is -2.21. The second-order valence-electron chi connectivity index (χ2n) is 6.85. The summed E-state index contributed by atoms with van der Waals surface area (Å²) in [4.78, 5) is 13.8. The zero-order chi connectivity index (χ0) is 16.4. The Bertz CT molecular complexity index is 575. The minimum Gasteiger partial charge on any atom is -0.344 e. The molecule has 1 aliphatic heterocycles. The van der Waals surface area contributed by atoms with Crippen molar-refractivity contribution in [3.05, 3.63) is 35.6 Å². The third-order valence-corrected chi connectivity index (χ3v) is 4.84. The van der Waals surface area contributed by atoms with E-state index in [1.165, 1.54) is 6.07 Å². The summed E-state index contributed by atoms with van der Waals surface area (Å²) in [5.74, 6) is -0.142. The first-order valence-corrected chi connectivity index (χ1v) is 8.29. The summed E-state index contributed by atoms with van der Waals surface area (Å²) in [6.07, 6.45) is 4.42. The second-order valence-corrected chi connectivity index (χ2v) is 6.85. The Morgan fingerprint density at radius 3 is 2.91 bits per heavy atom. The van der Waals surface area contributed by atoms with E-state index in [4.69, 9.17) is 5.73 Å². The van der Waals surface area contributed by atoms with Crippen molar-refractivity contribution in [1.29, 1.82) is 0 Å². The van der Waals surface area contributed by atoms with Gasteiger partial charge in [0.1, 0.15) is 5.82 Å². The van der Waals surface area contributed by atoms with Gasteiger partial charge in [0, 0.05) is 25.7 Å². The molecule has 2 unspecified atom stereocenters. The van der Waals surface area contributed by atoms with Crippen molar-refractivity contribution in [2.75, 3.05) is 13.6 Å². The fourth-order valence-electron chi connectivity index (χ4n) is 3.16. The molecule has 1 aliphatic carbocycles. The predicted octanol–water partition coefficient (Wildman–Crippen LogP) is 1.46. The summed E-state index contributed by atoms with van der Waals surface area (Å²) in [6.45, 7) is 0.723. The number of likely N-dealkylation sites (N-methyl/N-ethyl adjacent to an activating group) is 1. The van der Waals surface area contributed by atoms with E-state index in [2.05, 4.69) is 10.9 Å². The van der Waals surface area contributed by atoms with Crippen LogP contribution in [0.4, 0.5) is 4.39 Å². The molecule has 0 bridgehead atoms. The van der Waals surface area contributed by atoms with Gasteiger partial charge in [-0.15, -0.1) is 0 Å². The summed E-state index contributed by atoms with van der Waals surface area (Å²) in [6, 6.07) is 7.17. The van der Waals surface area contributed by atoms with E-state index in [0.29, 0.717) is 6.04 Å². The number of hydrogen-bond donors (Lipinski definition) is 3. The molecular formula is C17H25FN4O. The van der Waals surface area contributed by atoms with Gasteiger partial charge in [-0.3, -0.25) is 15.6 Å². The van der Waals surface area contributed by atoms with E-state index in [1.54, 1.807) is 17.0 Å². The molecule has 1 heterocycles. The summed E-state index contributed by atoms with van der Waals surface area (Å²) in [5, 5.41) is 0. The van der Waals surface area contributed by atoms with Gasteiger partial charge in [0.2, 0.25) is 5.91 Å². The summed E-state index contributed by atoms with van der Waals surface area (Å²) >= 11 is 0. The first-order chi connectivity index (χ1) is 11.0. The SMILES string of the molecule is CN(CCCC1CC(c2cccc(F)c2)NN1)C(=O)C1(N)CC1. The van der Waals surface area contributed by atoms with E-state index < -0.39 is 5.54 Å². The van der Waals surface area contributed by atoms with Crippen LogP contribution in [0.25, 0.3) is 0 Å². The van der Waals surface area contributed by atoms with Crippen LogP contribution in [0.1, 0.15) is 43.7 Å². The van der Waals surface area contributed by atoms with Crippen LogP contribution in [-0.2, 0) is 4.79 Å². The van der Waals surface area contributed by atoms with Gasteiger partial charge in [-0.1, -0.05) is 12.1 Å². The smallest absolute Gasteiger partial charge is 0.242 e. The number of rotatable bonds is 6. The zero-order valence-corrected chi connectivity index (χ0v) is 13.5. The molecule has 1 aromatic carbocycles. The molecule has 126 valence electrons. The molecule has 1 saturated heterocycles. The fraction of sp³-hybridized carbons (Fsp3) is 0.588. The molecule has 0 spiro atoms. The first-order valence-electron chi connectivity index (χ1n) is 8.29. The van der Waals surface area contributed by atoms with Gasteiger partial charge in [-0.05, 0) is 49.8 Å². The van der Waals surface area contributed by atoms with Gasteiger partial charge in [0.15, 0.2) is 0 Å². The fourth-order valence-corrected chi connectivity index (χ4v) is 3.16. The highest BCUT2D eigenvalue weighted by atomic mass is 19.1. The monoisotopic (exact) mass is 320 g/mol. The lowest BCUT2D eigenvalue weighted by atomic mass is 9.99. The van der Waals surface area contributed by atoms with Gasteiger partial charge in [0.05, 0.1) is 5.54 Å². The molecule has 1 amide bonds. The van der Waals surface area contributed by atoms with Gasteiger partial charge in [-0.25, -0.2) is 4.39 Å². The van der Waals surface area contributed by atoms with Crippen molar-refractivity contribution < 1.29 is 9.18 Å². The topological polar surface area (TPSA) is 70.4 Å². The van der Waals surface area contributed by atoms with E-state index in [0.717, 1.165) is 44.2 Å². The van der Waals surface area contributed by atoms with Crippen LogP contribution in [0.2, 0.25) is 0 Å². The number of carbonyl (C=O) groups is 1. The van der Waals surface area contributed by atoms with Crippen LogP contribution in [0.3, 0.4) is 0 Å². The van der Waals surface area contributed by atoms with Crippen molar-refractivity contribution in [3.63, 3.8) is 0 Å². The minimum atomic E-state index is -0.579. The largest absolute Gasteiger partial charge is 0.344 e. The average molecular weight is 320 g/mol. The molecule has 5 nitrogen and oxygen atoms in total. The molecule has 23 heavy (non-hydrogen) atoms. The molecule has 2 aliphatic rings. The number of nitrogens with one attached hydrogen (secondary N) is 2.